The van der Waals surface area contributed by atoms with Crippen LogP contribution < -0.4 is 5.32 Å². The van der Waals surface area contributed by atoms with Crippen LogP contribution in [-0.4, -0.2) is 57.9 Å². The van der Waals surface area contributed by atoms with Crippen LogP contribution in [0.4, 0.5) is 0 Å². The quantitative estimate of drug-likeness (QED) is 0.727. The molecule has 1 saturated heterocycles. The fraction of sp³-hybridized carbons (Fsp3) is 0.900. The number of sulfone groups is 1. The van der Waals surface area contributed by atoms with E-state index < -0.39 is 9.84 Å². The molecule has 1 amide bonds. The zero-order chi connectivity index (χ0) is 12.2. The summed E-state index contributed by atoms with van der Waals surface area (Å²) in [7, 11) is -1.32. The molecular formula is C10H20N2O3S. The molecule has 0 radical (unpaired) electrons. The first kappa shape index (κ1) is 13.4. The summed E-state index contributed by atoms with van der Waals surface area (Å²) in [6, 6.07) is 0. The van der Waals surface area contributed by atoms with Crippen molar-refractivity contribution >= 4 is 15.7 Å². The molecule has 1 N–H and O–H groups in total. The summed E-state index contributed by atoms with van der Waals surface area (Å²) in [5, 5.41) is 3.18. The Hall–Kier alpha value is -0.620. The third kappa shape index (κ3) is 4.49. The maximum atomic E-state index is 11.9. The summed E-state index contributed by atoms with van der Waals surface area (Å²) in [6.07, 6.45) is 3.10. The van der Waals surface area contributed by atoms with E-state index in [1.807, 2.05) is 0 Å². The minimum Gasteiger partial charge on any atom is -0.344 e. The van der Waals surface area contributed by atoms with Gasteiger partial charge in [-0.3, -0.25) is 4.79 Å². The summed E-state index contributed by atoms with van der Waals surface area (Å²) < 4.78 is 22.0. The molecule has 16 heavy (non-hydrogen) atoms. The smallest absolute Gasteiger partial charge is 0.226 e. The molecule has 1 fully saturated rings. The third-order valence-electron chi connectivity index (χ3n) is 2.82. The van der Waals surface area contributed by atoms with Gasteiger partial charge in [0.1, 0.15) is 9.84 Å². The van der Waals surface area contributed by atoms with E-state index in [0.29, 0.717) is 6.54 Å². The Labute approximate surface area is 97.1 Å². The summed E-state index contributed by atoms with van der Waals surface area (Å²) in [5.74, 6) is 0.101. The molecule has 0 aromatic carbocycles. The van der Waals surface area contributed by atoms with Crippen molar-refractivity contribution in [3.8, 4) is 0 Å². The zero-order valence-corrected chi connectivity index (χ0v) is 10.7. The zero-order valence-electron chi connectivity index (χ0n) is 9.90. The van der Waals surface area contributed by atoms with E-state index in [0.717, 1.165) is 19.4 Å². The van der Waals surface area contributed by atoms with E-state index in [2.05, 4.69) is 5.32 Å². The number of rotatable bonds is 4. The van der Waals surface area contributed by atoms with Crippen molar-refractivity contribution in [2.24, 2.45) is 5.92 Å². The Morgan fingerprint density at radius 2 is 2.19 bits per heavy atom. The Balaban J connectivity index is 2.40. The van der Waals surface area contributed by atoms with Crippen molar-refractivity contribution in [3.05, 3.63) is 0 Å². The lowest BCUT2D eigenvalue weighted by atomic mass is 9.98. The van der Waals surface area contributed by atoms with Gasteiger partial charge in [0.05, 0.1) is 11.7 Å². The van der Waals surface area contributed by atoms with Gasteiger partial charge in [0, 0.05) is 26.4 Å². The Morgan fingerprint density at radius 1 is 1.50 bits per heavy atom. The number of piperidine rings is 1. The van der Waals surface area contributed by atoms with E-state index in [4.69, 9.17) is 0 Å². The molecule has 1 aliphatic heterocycles. The van der Waals surface area contributed by atoms with Crippen LogP contribution in [0.3, 0.4) is 0 Å². The number of carbonyl (C=O) groups excluding carboxylic acids is 1. The molecule has 1 rings (SSSR count). The highest BCUT2D eigenvalue weighted by Gasteiger charge is 2.24. The van der Waals surface area contributed by atoms with Gasteiger partial charge in [-0.05, 0) is 19.4 Å². The van der Waals surface area contributed by atoms with Crippen LogP contribution in [0.2, 0.25) is 0 Å². The van der Waals surface area contributed by atoms with Crippen molar-refractivity contribution in [2.75, 3.05) is 38.7 Å². The maximum absolute atomic E-state index is 11.9. The molecule has 1 aliphatic rings. The van der Waals surface area contributed by atoms with Crippen LogP contribution in [0.25, 0.3) is 0 Å². The van der Waals surface area contributed by atoms with E-state index in [9.17, 15) is 13.2 Å². The largest absolute Gasteiger partial charge is 0.344 e. The van der Waals surface area contributed by atoms with Crippen LogP contribution in [0.5, 0.6) is 0 Å². The van der Waals surface area contributed by atoms with Crippen molar-refractivity contribution < 1.29 is 13.2 Å². The van der Waals surface area contributed by atoms with Crippen LogP contribution >= 0.6 is 0 Å². The fourth-order valence-corrected chi connectivity index (χ4v) is 2.39. The molecule has 0 aliphatic carbocycles. The van der Waals surface area contributed by atoms with Gasteiger partial charge in [-0.1, -0.05) is 0 Å². The number of hydrogen-bond acceptors (Lipinski definition) is 4. The number of carbonyl (C=O) groups is 1. The van der Waals surface area contributed by atoms with Crippen molar-refractivity contribution in [1.82, 2.24) is 10.2 Å². The minimum atomic E-state index is -2.99. The number of nitrogens with zero attached hydrogens (tertiary/aromatic N) is 1. The first-order valence-electron chi connectivity index (χ1n) is 5.53. The van der Waals surface area contributed by atoms with E-state index in [1.165, 1.54) is 11.2 Å². The lowest BCUT2D eigenvalue weighted by molar-refractivity contribution is -0.134. The number of hydrogen-bond donors (Lipinski definition) is 1. The van der Waals surface area contributed by atoms with E-state index in [-0.39, 0.29) is 24.1 Å². The van der Waals surface area contributed by atoms with E-state index >= 15 is 0 Å². The monoisotopic (exact) mass is 248 g/mol. The predicted octanol–water partition coefficient (Wildman–Crippen LogP) is -0.511. The van der Waals surface area contributed by atoms with Crippen LogP contribution in [0, 0.1) is 5.92 Å². The molecule has 0 spiro atoms. The molecule has 0 bridgehead atoms. The molecule has 0 aromatic heterocycles. The van der Waals surface area contributed by atoms with Crippen LogP contribution in [-0.2, 0) is 14.6 Å². The lowest BCUT2D eigenvalue weighted by Crippen LogP contribution is -2.42. The normalized spacial score (nSPS) is 21.8. The van der Waals surface area contributed by atoms with Crippen molar-refractivity contribution in [2.45, 2.75) is 12.8 Å². The van der Waals surface area contributed by atoms with Gasteiger partial charge < -0.3 is 10.2 Å². The van der Waals surface area contributed by atoms with Crippen molar-refractivity contribution in [1.29, 1.82) is 0 Å². The van der Waals surface area contributed by atoms with Gasteiger partial charge in [0.25, 0.3) is 0 Å². The average molecular weight is 248 g/mol. The molecule has 0 unspecified atom stereocenters. The molecule has 94 valence electrons. The highest BCUT2D eigenvalue weighted by atomic mass is 32.2. The van der Waals surface area contributed by atoms with Gasteiger partial charge in [-0.2, -0.15) is 0 Å². The van der Waals surface area contributed by atoms with Crippen molar-refractivity contribution in [3.63, 3.8) is 0 Å². The van der Waals surface area contributed by atoms with Gasteiger partial charge in [-0.15, -0.1) is 0 Å². The second kappa shape index (κ2) is 5.63. The van der Waals surface area contributed by atoms with Crippen LogP contribution in [0.1, 0.15) is 12.8 Å². The Kier molecular flexibility index (Phi) is 4.73. The summed E-state index contributed by atoms with van der Waals surface area (Å²) in [4.78, 5) is 13.4. The fourth-order valence-electron chi connectivity index (χ4n) is 1.79. The maximum Gasteiger partial charge on any atom is 0.226 e. The Morgan fingerprint density at radius 3 is 2.69 bits per heavy atom. The predicted molar refractivity (Wildman–Crippen MR) is 62.9 cm³/mol. The van der Waals surface area contributed by atoms with E-state index in [1.54, 1.807) is 7.05 Å². The molecule has 5 nitrogen and oxygen atoms in total. The molecule has 1 heterocycles. The molecule has 1 atom stereocenters. The highest BCUT2D eigenvalue weighted by molar-refractivity contribution is 7.90. The number of nitrogens with one attached hydrogen (secondary N) is 1. The molecule has 0 saturated carbocycles. The first-order valence-corrected chi connectivity index (χ1v) is 7.59. The summed E-state index contributed by atoms with van der Waals surface area (Å²) in [6.45, 7) is 1.97. The lowest BCUT2D eigenvalue weighted by Gasteiger charge is -2.26. The molecular weight excluding hydrogens is 228 g/mol. The average Bonchev–Trinajstić information content (AvgIpc) is 2.25. The van der Waals surface area contributed by atoms with Crippen LogP contribution in [0.15, 0.2) is 0 Å². The topological polar surface area (TPSA) is 66.5 Å². The minimum absolute atomic E-state index is 0.0123. The SMILES string of the molecule is CN(CCS(C)(=O)=O)C(=O)[C@@H]1CCCNC1. The second-order valence-electron chi connectivity index (χ2n) is 4.43. The van der Waals surface area contributed by atoms with Gasteiger partial charge in [0.15, 0.2) is 0 Å². The number of amides is 1. The third-order valence-corrected chi connectivity index (χ3v) is 3.74. The standard InChI is InChI=1S/C10H20N2O3S/c1-12(6-7-16(2,14)15)10(13)9-4-3-5-11-8-9/h9,11H,3-8H2,1-2H3/t9-/m1/s1. The van der Waals surface area contributed by atoms with Gasteiger partial charge >= 0.3 is 0 Å². The second-order valence-corrected chi connectivity index (χ2v) is 6.69. The van der Waals surface area contributed by atoms with Gasteiger partial charge in [-0.25, -0.2) is 8.42 Å². The molecule has 0 aromatic rings. The summed E-state index contributed by atoms with van der Waals surface area (Å²) in [5.41, 5.74) is 0. The highest BCUT2D eigenvalue weighted by Crippen LogP contribution is 2.12. The Bertz CT molecular complexity index is 334. The van der Waals surface area contributed by atoms with Gasteiger partial charge in [0.2, 0.25) is 5.91 Å². The molecule has 6 heteroatoms. The first-order chi connectivity index (χ1) is 7.40. The summed E-state index contributed by atoms with van der Waals surface area (Å²) >= 11 is 0.